The fraction of sp³-hybridized carbons (Fsp3) is 0.308. The van der Waals surface area contributed by atoms with E-state index in [0.29, 0.717) is 17.4 Å². The van der Waals surface area contributed by atoms with E-state index in [0.717, 1.165) is 17.8 Å². The summed E-state index contributed by atoms with van der Waals surface area (Å²) in [6.45, 7) is 1.25. The van der Waals surface area contributed by atoms with Crippen LogP contribution < -0.4 is 10.1 Å². The Kier molecular flexibility index (Phi) is 4.23. The average molecular weight is 266 g/mol. The van der Waals surface area contributed by atoms with Crippen LogP contribution in [0.4, 0.5) is 0 Å². The molecule has 0 saturated heterocycles. The van der Waals surface area contributed by atoms with Gasteiger partial charge in [-0.25, -0.2) is 4.98 Å². The molecule has 0 spiro atoms. The summed E-state index contributed by atoms with van der Waals surface area (Å²) in [6.07, 6.45) is 3.53. The van der Waals surface area contributed by atoms with Crippen LogP contribution in [0.3, 0.4) is 0 Å². The van der Waals surface area contributed by atoms with Gasteiger partial charge in [0, 0.05) is 13.6 Å². The van der Waals surface area contributed by atoms with E-state index >= 15 is 0 Å². The summed E-state index contributed by atoms with van der Waals surface area (Å²) >= 11 is 6.17. The predicted octanol–water partition coefficient (Wildman–Crippen LogP) is 2.37. The monoisotopic (exact) mass is 265 g/mol. The highest BCUT2D eigenvalue weighted by molar-refractivity contribution is 6.32. The van der Waals surface area contributed by atoms with E-state index < -0.39 is 0 Å². The van der Waals surface area contributed by atoms with Crippen molar-refractivity contribution in [2.45, 2.75) is 13.2 Å². The van der Waals surface area contributed by atoms with Gasteiger partial charge in [-0.15, -0.1) is 0 Å². The van der Waals surface area contributed by atoms with Crippen molar-refractivity contribution in [2.24, 2.45) is 7.05 Å². The Bertz CT molecular complexity index is 525. The number of hydrogen-bond acceptors (Lipinski definition) is 3. The summed E-state index contributed by atoms with van der Waals surface area (Å²) in [6, 6.07) is 5.81. The molecule has 0 atom stereocenters. The highest BCUT2D eigenvalue weighted by atomic mass is 35.5. The number of nitrogens with one attached hydrogen (secondary N) is 1. The highest BCUT2D eigenvalue weighted by Gasteiger charge is 2.05. The van der Waals surface area contributed by atoms with Gasteiger partial charge in [0.15, 0.2) is 0 Å². The number of benzene rings is 1. The highest BCUT2D eigenvalue weighted by Crippen LogP contribution is 2.26. The lowest BCUT2D eigenvalue weighted by molar-refractivity contribution is 0.297. The SMILES string of the molecule is CNCc1ccc(OCc2cncn2C)c(Cl)c1. The molecule has 2 aromatic rings. The molecule has 5 heteroatoms. The third kappa shape index (κ3) is 3.03. The van der Waals surface area contributed by atoms with E-state index in [1.54, 1.807) is 12.5 Å². The maximum atomic E-state index is 6.17. The van der Waals surface area contributed by atoms with Gasteiger partial charge in [0.1, 0.15) is 12.4 Å². The molecule has 1 N–H and O–H groups in total. The summed E-state index contributed by atoms with van der Waals surface area (Å²) in [5, 5.41) is 3.71. The summed E-state index contributed by atoms with van der Waals surface area (Å²) in [4.78, 5) is 4.04. The fourth-order valence-electron chi connectivity index (χ4n) is 1.65. The van der Waals surface area contributed by atoms with E-state index in [9.17, 15) is 0 Å². The first kappa shape index (κ1) is 12.9. The van der Waals surface area contributed by atoms with Crippen molar-refractivity contribution < 1.29 is 4.74 Å². The van der Waals surface area contributed by atoms with Gasteiger partial charge < -0.3 is 14.6 Å². The van der Waals surface area contributed by atoms with Crippen LogP contribution in [-0.2, 0) is 20.2 Å². The standard InChI is InChI=1S/C13H16ClN3O/c1-15-6-10-3-4-13(12(14)5-10)18-8-11-7-16-9-17(11)2/h3-5,7,9,15H,6,8H2,1-2H3. The predicted molar refractivity (Wildman–Crippen MR) is 71.8 cm³/mol. The molecule has 0 saturated carbocycles. The molecule has 1 aromatic heterocycles. The molecule has 0 amide bonds. The zero-order chi connectivity index (χ0) is 13.0. The number of hydrogen-bond donors (Lipinski definition) is 1. The Morgan fingerprint density at radius 1 is 1.44 bits per heavy atom. The molecule has 0 unspecified atom stereocenters. The molecule has 96 valence electrons. The van der Waals surface area contributed by atoms with Crippen LogP contribution in [0.1, 0.15) is 11.3 Å². The van der Waals surface area contributed by atoms with Gasteiger partial charge in [0.25, 0.3) is 0 Å². The first-order valence-corrected chi connectivity index (χ1v) is 6.09. The molecular formula is C13H16ClN3O. The molecule has 0 aliphatic rings. The summed E-state index contributed by atoms with van der Waals surface area (Å²) in [5.74, 6) is 0.692. The first-order valence-electron chi connectivity index (χ1n) is 5.71. The topological polar surface area (TPSA) is 39.1 Å². The fourth-order valence-corrected chi connectivity index (χ4v) is 1.91. The summed E-state index contributed by atoms with van der Waals surface area (Å²) in [7, 11) is 3.84. The van der Waals surface area contributed by atoms with Crippen molar-refractivity contribution in [3.63, 3.8) is 0 Å². The van der Waals surface area contributed by atoms with Crippen molar-refractivity contribution in [1.82, 2.24) is 14.9 Å². The lowest BCUT2D eigenvalue weighted by Gasteiger charge is -2.09. The van der Waals surface area contributed by atoms with Crippen LogP contribution >= 0.6 is 11.6 Å². The molecule has 4 nitrogen and oxygen atoms in total. The quantitative estimate of drug-likeness (QED) is 0.902. The van der Waals surface area contributed by atoms with Gasteiger partial charge in [-0.2, -0.15) is 0 Å². The Balaban J connectivity index is 2.03. The molecule has 0 fully saturated rings. The second-order valence-electron chi connectivity index (χ2n) is 4.08. The molecule has 1 heterocycles. The molecular weight excluding hydrogens is 250 g/mol. The Morgan fingerprint density at radius 2 is 2.28 bits per heavy atom. The van der Waals surface area contributed by atoms with Crippen LogP contribution in [0.25, 0.3) is 0 Å². The molecule has 0 aliphatic carbocycles. The normalized spacial score (nSPS) is 10.6. The number of halogens is 1. The van der Waals surface area contributed by atoms with Crippen LogP contribution in [-0.4, -0.2) is 16.6 Å². The number of aromatic nitrogens is 2. The molecule has 1 aromatic carbocycles. The molecule has 0 radical (unpaired) electrons. The lowest BCUT2D eigenvalue weighted by Crippen LogP contribution is -2.05. The summed E-state index contributed by atoms with van der Waals surface area (Å²) < 4.78 is 7.60. The molecule has 18 heavy (non-hydrogen) atoms. The Hall–Kier alpha value is -1.52. The third-order valence-corrected chi connectivity index (χ3v) is 2.96. The zero-order valence-electron chi connectivity index (χ0n) is 10.5. The van der Waals surface area contributed by atoms with Crippen LogP contribution in [0.15, 0.2) is 30.7 Å². The lowest BCUT2D eigenvalue weighted by atomic mass is 10.2. The second-order valence-corrected chi connectivity index (χ2v) is 4.49. The number of ether oxygens (including phenoxy) is 1. The van der Waals surface area contributed by atoms with Gasteiger partial charge in [-0.3, -0.25) is 0 Å². The maximum Gasteiger partial charge on any atom is 0.138 e. The van der Waals surface area contributed by atoms with Crippen molar-refractivity contribution in [2.75, 3.05) is 7.05 Å². The minimum atomic E-state index is 0.460. The summed E-state index contributed by atoms with van der Waals surface area (Å²) in [5.41, 5.74) is 2.14. The minimum absolute atomic E-state index is 0.460. The minimum Gasteiger partial charge on any atom is -0.486 e. The van der Waals surface area contributed by atoms with Crippen molar-refractivity contribution in [1.29, 1.82) is 0 Å². The van der Waals surface area contributed by atoms with Gasteiger partial charge in [0.05, 0.1) is 23.2 Å². The van der Waals surface area contributed by atoms with E-state index in [1.807, 2.05) is 36.9 Å². The zero-order valence-corrected chi connectivity index (χ0v) is 11.2. The van der Waals surface area contributed by atoms with E-state index in [4.69, 9.17) is 16.3 Å². The average Bonchev–Trinajstić information content (AvgIpc) is 2.74. The van der Waals surface area contributed by atoms with E-state index in [1.165, 1.54) is 0 Å². The van der Waals surface area contributed by atoms with Gasteiger partial charge in [0.2, 0.25) is 0 Å². The Morgan fingerprint density at radius 3 is 2.89 bits per heavy atom. The number of aryl methyl sites for hydroxylation is 1. The molecule has 0 aliphatic heterocycles. The molecule has 0 bridgehead atoms. The smallest absolute Gasteiger partial charge is 0.138 e. The van der Waals surface area contributed by atoms with Crippen LogP contribution in [0.5, 0.6) is 5.75 Å². The van der Waals surface area contributed by atoms with Gasteiger partial charge in [-0.05, 0) is 24.7 Å². The van der Waals surface area contributed by atoms with Crippen LogP contribution in [0.2, 0.25) is 5.02 Å². The first-order chi connectivity index (χ1) is 8.70. The number of nitrogens with zero attached hydrogens (tertiary/aromatic N) is 2. The van der Waals surface area contributed by atoms with Crippen LogP contribution in [0, 0.1) is 0 Å². The van der Waals surface area contributed by atoms with E-state index in [2.05, 4.69) is 10.3 Å². The van der Waals surface area contributed by atoms with E-state index in [-0.39, 0.29) is 0 Å². The van der Waals surface area contributed by atoms with Crippen molar-refractivity contribution in [3.8, 4) is 5.75 Å². The number of rotatable bonds is 5. The largest absolute Gasteiger partial charge is 0.486 e. The third-order valence-electron chi connectivity index (χ3n) is 2.67. The molecule has 2 rings (SSSR count). The Labute approximate surface area is 112 Å². The van der Waals surface area contributed by atoms with Crippen molar-refractivity contribution in [3.05, 3.63) is 47.0 Å². The van der Waals surface area contributed by atoms with Gasteiger partial charge >= 0.3 is 0 Å². The van der Waals surface area contributed by atoms with Gasteiger partial charge in [-0.1, -0.05) is 17.7 Å². The van der Waals surface area contributed by atoms with Crippen molar-refractivity contribution >= 4 is 11.6 Å². The second kappa shape index (κ2) is 5.89. The number of imidazole rings is 1. The maximum absolute atomic E-state index is 6.17.